The Balaban J connectivity index is 1.93. The highest BCUT2D eigenvalue weighted by atomic mass is 19.1. The smallest absolute Gasteiger partial charge is 0.227 e. The van der Waals surface area contributed by atoms with E-state index in [1.165, 1.54) is 24.3 Å². The van der Waals surface area contributed by atoms with E-state index in [-0.39, 0.29) is 18.2 Å². The minimum Gasteiger partial charge on any atom is -0.439 e. The summed E-state index contributed by atoms with van der Waals surface area (Å²) in [6, 6.07) is 11.7. The number of hydrogen-bond acceptors (Lipinski definition) is 5. The van der Waals surface area contributed by atoms with Gasteiger partial charge in [-0.25, -0.2) is 13.5 Å². The normalized spacial score (nSPS) is 12.2. The second-order valence-electron chi connectivity index (χ2n) is 8.03. The van der Waals surface area contributed by atoms with Gasteiger partial charge in [0.25, 0.3) is 0 Å². The molecule has 1 N–H and O–H groups in total. The van der Waals surface area contributed by atoms with Crippen molar-refractivity contribution < 1.29 is 23.4 Å². The summed E-state index contributed by atoms with van der Waals surface area (Å²) >= 11 is 0. The molecule has 0 aliphatic rings. The van der Waals surface area contributed by atoms with E-state index in [1.807, 2.05) is 6.92 Å². The van der Waals surface area contributed by atoms with Crippen LogP contribution in [0.2, 0.25) is 0 Å². The molecular formula is C26H31F2N3O3. The van der Waals surface area contributed by atoms with E-state index in [1.54, 1.807) is 35.0 Å². The average molecular weight is 472 g/mol. The van der Waals surface area contributed by atoms with Gasteiger partial charge in [0.2, 0.25) is 5.88 Å². The van der Waals surface area contributed by atoms with Crippen molar-refractivity contribution in [2.24, 2.45) is 0 Å². The first-order valence-corrected chi connectivity index (χ1v) is 11.3. The fourth-order valence-electron chi connectivity index (χ4n) is 3.61. The number of halogens is 2. The van der Waals surface area contributed by atoms with Crippen LogP contribution in [0.3, 0.4) is 0 Å². The molecule has 1 heterocycles. The lowest BCUT2D eigenvalue weighted by Gasteiger charge is -2.25. The van der Waals surface area contributed by atoms with Crippen LogP contribution in [0, 0.1) is 18.6 Å². The number of aliphatic hydroxyl groups excluding tert-OH is 1. The Hall–Kier alpha value is -3.07. The Kier molecular flexibility index (Phi) is 9.33. The number of aromatic nitrogens is 2. The summed E-state index contributed by atoms with van der Waals surface area (Å²) in [5, 5.41) is 15.1. The number of rotatable bonds is 13. The maximum absolute atomic E-state index is 13.5. The molecule has 0 amide bonds. The average Bonchev–Trinajstić information content (AvgIpc) is 3.11. The van der Waals surface area contributed by atoms with Crippen LogP contribution in [0.15, 0.2) is 61.2 Å². The van der Waals surface area contributed by atoms with Gasteiger partial charge in [0, 0.05) is 13.1 Å². The van der Waals surface area contributed by atoms with Crippen molar-refractivity contribution >= 4 is 0 Å². The van der Waals surface area contributed by atoms with E-state index in [0.717, 1.165) is 24.2 Å². The van der Waals surface area contributed by atoms with E-state index in [2.05, 4.69) is 23.5 Å². The lowest BCUT2D eigenvalue weighted by atomic mass is 10.2. The molecule has 0 aliphatic carbocycles. The Morgan fingerprint density at radius 1 is 1.12 bits per heavy atom. The van der Waals surface area contributed by atoms with Crippen molar-refractivity contribution in [1.29, 1.82) is 0 Å². The predicted molar refractivity (Wildman–Crippen MR) is 127 cm³/mol. The van der Waals surface area contributed by atoms with Crippen LogP contribution in [0.1, 0.15) is 24.6 Å². The zero-order valence-electron chi connectivity index (χ0n) is 19.6. The van der Waals surface area contributed by atoms with Gasteiger partial charge in [-0.2, -0.15) is 5.10 Å². The maximum Gasteiger partial charge on any atom is 0.227 e. The van der Waals surface area contributed by atoms with Gasteiger partial charge in [-0.05, 0) is 68.4 Å². The van der Waals surface area contributed by atoms with Crippen LogP contribution < -0.4 is 4.74 Å². The third kappa shape index (κ3) is 6.96. The quantitative estimate of drug-likeness (QED) is 0.280. The lowest BCUT2D eigenvalue weighted by Crippen LogP contribution is -2.35. The molecule has 0 fully saturated rings. The summed E-state index contributed by atoms with van der Waals surface area (Å²) in [5.41, 5.74) is 2.19. The van der Waals surface area contributed by atoms with Crippen LogP contribution in [0.5, 0.6) is 11.6 Å². The Labute approximate surface area is 199 Å². The maximum atomic E-state index is 13.5. The zero-order chi connectivity index (χ0) is 24.5. The summed E-state index contributed by atoms with van der Waals surface area (Å²) in [4.78, 5) is 2.11. The van der Waals surface area contributed by atoms with E-state index >= 15 is 0 Å². The molecule has 0 spiro atoms. The third-order valence-electron chi connectivity index (χ3n) is 5.17. The van der Waals surface area contributed by atoms with Gasteiger partial charge in [0.05, 0.1) is 36.3 Å². The molecule has 0 aliphatic heterocycles. The highest BCUT2D eigenvalue weighted by Gasteiger charge is 2.22. The van der Waals surface area contributed by atoms with Gasteiger partial charge in [-0.15, -0.1) is 6.58 Å². The van der Waals surface area contributed by atoms with E-state index in [4.69, 9.17) is 9.47 Å². The molecule has 0 unspecified atom stereocenters. The molecule has 8 heteroatoms. The highest BCUT2D eigenvalue weighted by molar-refractivity contribution is 5.43. The van der Waals surface area contributed by atoms with Gasteiger partial charge in [-0.1, -0.05) is 13.0 Å². The van der Waals surface area contributed by atoms with E-state index in [0.29, 0.717) is 37.0 Å². The van der Waals surface area contributed by atoms with Crippen molar-refractivity contribution in [2.45, 2.75) is 32.9 Å². The molecule has 0 bridgehead atoms. The summed E-state index contributed by atoms with van der Waals surface area (Å²) in [6.07, 6.45) is 1.86. The van der Waals surface area contributed by atoms with Gasteiger partial charge >= 0.3 is 0 Å². The van der Waals surface area contributed by atoms with Crippen LogP contribution >= 0.6 is 0 Å². The van der Waals surface area contributed by atoms with Crippen LogP contribution in [0.25, 0.3) is 5.69 Å². The molecule has 1 aromatic heterocycles. The molecule has 3 aromatic rings. The molecule has 34 heavy (non-hydrogen) atoms. The summed E-state index contributed by atoms with van der Waals surface area (Å²) in [6.45, 7) is 9.76. The molecule has 0 radical (unpaired) electrons. The molecule has 0 saturated heterocycles. The summed E-state index contributed by atoms with van der Waals surface area (Å²) in [5.74, 6) is 0.188. The first-order chi connectivity index (χ1) is 16.4. The largest absolute Gasteiger partial charge is 0.439 e. The predicted octanol–water partition coefficient (Wildman–Crippen LogP) is 5.03. The van der Waals surface area contributed by atoms with Gasteiger partial charge in [0.15, 0.2) is 0 Å². The number of nitrogens with zero attached hydrogens (tertiary/aromatic N) is 3. The zero-order valence-corrected chi connectivity index (χ0v) is 19.6. The topological polar surface area (TPSA) is 59.8 Å². The molecule has 0 saturated carbocycles. The third-order valence-corrected chi connectivity index (χ3v) is 5.17. The minimum absolute atomic E-state index is 0.207. The van der Waals surface area contributed by atoms with E-state index < -0.39 is 6.10 Å². The number of benzene rings is 2. The van der Waals surface area contributed by atoms with Crippen molar-refractivity contribution in [3.63, 3.8) is 0 Å². The first kappa shape index (κ1) is 25.6. The Morgan fingerprint density at radius 2 is 1.76 bits per heavy atom. The highest BCUT2D eigenvalue weighted by Crippen LogP contribution is 2.32. The van der Waals surface area contributed by atoms with Crippen molar-refractivity contribution in [1.82, 2.24) is 14.7 Å². The van der Waals surface area contributed by atoms with Crippen LogP contribution in [-0.4, -0.2) is 52.2 Å². The van der Waals surface area contributed by atoms with Crippen LogP contribution in [0.4, 0.5) is 8.78 Å². The number of aliphatic hydroxyl groups is 1. The standard InChI is InChI=1S/C26H31F2N3O3/c1-4-14-30(16-23(32)18-33-15-5-2)17-25-19(3)29-31(22-10-6-20(27)7-11-22)26(25)34-24-12-8-21(28)9-13-24/h5-13,23,32H,2,4,14-18H2,1,3H3/t23-/m1/s1. The fraction of sp³-hybridized carbons (Fsp3) is 0.346. The molecule has 182 valence electrons. The number of aryl methyl sites for hydroxylation is 1. The fourth-order valence-corrected chi connectivity index (χ4v) is 3.61. The van der Waals surface area contributed by atoms with Gasteiger partial charge < -0.3 is 14.6 Å². The Bertz CT molecular complexity index is 1050. The van der Waals surface area contributed by atoms with Gasteiger partial charge in [-0.3, -0.25) is 4.90 Å². The molecule has 3 rings (SSSR count). The molecule has 2 aromatic carbocycles. The van der Waals surface area contributed by atoms with E-state index in [9.17, 15) is 13.9 Å². The first-order valence-electron chi connectivity index (χ1n) is 11.3. The summed E-state index contributed by atoms with van der Waals surface area (Å²) < 4.78 is 40.1. The second-order valence-corrected chi connectivity index (χ2v) is 8.03. The SMILES string of the molecule is C=CCOC[C@H](O)CN(CCC)Cc1c(C)nn(-c2ccc(F)cc2)c1Oc1ccc(F)cc1. The van der Waals surface area contributed by atoms with Crippen molar-refractivity contribution in [2.75, 3.05) is 26.3 Å². The molecule has 1 atom stereocenters. The minimum atomic E-state index is -0.666. The molecule has 6 nitrogen and oxygen atoms in total. The second kappa shape index (κ2) is 12.4. The van der Waals surface area contributed by atoms with Crippen molar-refractivity contribution in [3.8, 4) is 17.3 Å². The molecular weight excluding hydrogens is 440 g/mol. The van der Waals surface area contributed by atoms with Crippen molar-refractivity contribution in [3.05, 3.63) is 84.1 Å². The van der Waals surface area contributed by atoms with Gasteiger partial charge in [0.1, 0.15) is 17.4 Å². The Morgan fingerprint density at radius 3 is 2.38 bits per heavy atom. The summed E-state index contributed by atoms with van der Waals surface area (Å²) in [7, 11) is 0. The lowest BCUT2D eigenvalue weighted by molar-refractivity contribution is 0.0244. The monoisotopic (exact) mass is 471 g/mol. The van der Waals surface area contributed by atoms with Crippen LogP contribution in [-0.2, 0) is 11.3 Å². The number of ether oxygens (including phenoxy) is 2. The number of hydrogen-bond donors (Lipinski definition) is 1.